The first-order valence-corrected chi connectivity index (χ1v) is 10.1. The lowest BCUT2D eigenvalue weighted by Crippen LogP contribution is -2.32. The normalized spacial score (nSPS) is 12.3. The molecule has 0 aliphatic rings. The molecule has 1 aromatic heterocycles. The second kappa shape index (κ2) is 9.27. The van der Waals surface area contributed by atoms with Gasteiger partial charge in [0.15, 0.2) is 6.10 Å². The van der Waals surface area contributed by atoms with Crippen molar-refractivity contribution in [3.8, 4) is 5.75 Å². The van der Waals surface area contributed by atoms with Crippen molar-refractivity contribution in [2.24, 2.45) is 5.10 Å². The van der Waals surface area contributed by atoms with Crippen molar-refractivity contribution >= 4 is 50.6 Å². The highest BCUT2D eigenvalue weighted by atomic mass is 79.9. The lowest BCUT2D eigenvalue weighted by atomic mass is 10.2. The Morgan fingerprint density at radius 1 is 1.33 bits per heavy atom. The number of fused-ring (bicyclic) bond motifs is 1. The van der Waals surface area contributed by atoms with Crippen molar-refractivity contribution in [3.05, 3.63) is 72.3 Å². The highest BCUT2D eigenvalue weighted by Gasteiger charge is 2.19. The van der Waals surface area contributed by atoms with Crippen LogP contribution in [0.3, 0.4) is 0 Å². The molecule has 1 atom stereocenters. The van der Waals surface area contributed by atoms with Crippen molar-refractivity contribution in [3.63, 3.8) is 0 Å². The van der Waals surface area contributed by atoms with Crippen molar-refractivity contribution in [1.29, 1.82) is 0 Å². The smallest absolute Gasteiger partial charge is 0.349 e. The number of ether oxygens (including phenoxy) is 2. The van der Waals surface area contributed by atoms with Gasteiger partial charge in [-0.2, -0.15) is 5.10 Å². The number of H-pyrrole nitrogens is 1. The van der Waals surface area contributed by atoms with Gasteiger partial charge >= 0.3 is 11.7 Å². The number of rotatable bonds is 6. The molecule has 0 aliphatic heterocycles. The Bertz CT molecular complexity index is 1250. The molecule has 0 saturated carbocycles. The SMILES string of the molecule is CCOC(=O)[C@@H](C)Oc1c(Br)cc(Cl)cc1C=Nn1c(=O)[nH]c2ccccc2c1=O. The van der Waals surface area contributed by atoms with Crippen LogP contribution in [-0.2, 0) is 9.53 Å². The average Bonchev–Trinajstić information content (AvgIpc) is 2.70. The van der Waals surface area contributed by atoms with E-state index in [1.54, 1.807) is 44.2 Å². The molecule has 0 aliphatic carbocycles. The maximum atomic E-state index is 12.6. The largest absolute Gasteiger partial charge is 0.477 e. The average molecular weight is 495 g/mol. The topological polar surface area (TPSA) is 103 Å². The summed E-state index contributed by atoms with van der Waals surface area (Å²) in [7, 11) is 0. The standard InChI is InChI=1S/C20H17BrClN3O5/c1-3-29-19(27)11(2)30-17-12(8-13(22)9-15(17)21)10-23-25-18(26)14-6-4-5-7-16(14)24-20(25)28/h4-11H,3H2,1-2H3,(H,24,28)/t11-/m1/s1. The predicted octanol–water partition coefficient (Wildman–Crippen LogP) is 3.32. The minimum atomic E-state index is -0.902. The van der Waals surface area contributed by atoms with Crippen LogP contribution in [0.5, 0.6) is 5.75 Å². The summed E-state index contributed by atoms with van der Waals surface area (Å²) in [4.78, 5) is 39.4. The van der Waals surface area contributed by atoms with Crippen LogP contribution in [0.15, 0.2) is 55.6 Å². The van der Waals surface area contributed by atoms with E-state index in [0.29, 0.717) is 30.6 Å². The Labute approximate surface area is 184 Å². The van der Waals surface area contributed by atoms with Gasteiger partial charge in [-0.3, -0.25) is 4.79 Å². The van der Waals surface area contributed by atoms with Crippen LogP contribution in [-0.4, -0.2) is 34.6 Å². The number of aromatic nitrogens is 2. The molecule has 2 aromatic carbocycles. The highest BCUT2D eigenvalue weighted by molar-refractivity contribution is 9.10. The first-order valence-electron chi connectivity index (χ1n) is 8.92. The molecule has 156 valence electrons. The van der Waals surface area contributed by atoms with E-state index in [0.717, 1.165) is 0 Å². The molecule has 8 nitrogen and oxygen atoms in total. The maximum Gasteiger partial charge on any atom is 0.349 e. The highest BCUT2D eigenvalue weighted by Crippen LogP contribution is 2.32. The van der Waals surface area contributed by atoms with E-state index in [2.05, 4.69) is 26.0 Å². The number of nitrogens with one attached hydrogen (secondary N) is 1. The van der Waals surface area contributed by atoms with Gasteiger partial charge in [0.05, 0.1) is 28.2 Å². The van der Waals surface area contributed by atoms with E-state index in [9.17, 15) is 14.4 Å². The zero-order chi connectivity index (χ0) is 21.8. The number of carbonyl (C=O) groups excluding carboxylic acids is 1. The van der Waals surface area contributed by atoms with Gasteiger partial charge in [0, 0.05) is 10.6 Å². The minimum absolute atomic E-state index is 0.219. The molecule has 10 heteroatoms. The predicted molar refractivity (Wildman–Crippen MR) is 118 cm³/mol. The van der Waals surface area contributed by atoms with Gasteiger partial charge in [-0.15, -0.1) is 4.68 Å². The summed E-state index contributed by atoms with van der Waals surface area (Å²) in [5.74, 6) is -0.279. The molecule has 0 fully saturated rings. The fraction of sp³-hybridized carbons (Fsp3) is 0.200. The third-order valence-electron chi connectivity index (χ3n) is 4.05. The van der Waals surface area contributed by atoms with Gasteiger partial charge in [-0.1, -0.05) is 23.7 Å². The molecule has 0 radical (unpaired) electrons. The van der Waals surface area contributed by atoms with Gasteiger partial charge in [-0.05, 0) is 54.0 Å². The van der Waals surface area contributed by atoms with Crippen molar-refractivity contribution < 1.29 is 14.3 Å². The fourth-order valence-electron chi connectivity index (χ4n) is 2.66. The molecule has 0 unspecified atom stereocenters. The summed E-state index contributed by atoms with van der Waals surface area (Å²) in [6, 6.07) is 9.73. The Morgan fingerprint density at radius 3 is 2.80 bits per heavy atom. The zero-order valence-electron chi connectivity index (χ0n) is 16.0. The monoisotopic (exact) mass is 493 g/mol. The Morgan fingerprint density at radius 2 is 2.07 bits per heavy atom. The minimum Gasteiger partial charge on any atom is -0.477 e. The molecule has 0 spiro atoms. The van der Waals surface area contributed by atoms with E-state index < -0.39 is 23.3 Å². The van der Waals surface area contributed by atoms with E-state index in [-0.39, 0.29) is 12.4 Å². The molecule has 1 heterocycles. The van der Waals surface area contributed by atoms with Crippen molar-refractivity contribution in [2.45, 2.75) is 20.0 Å². The summed E-state index contributed by atoms with van der Waals surface area (Å²) in [6.45, 7) is 3.45. The number of carbonyl (C=O) groups is 1. The summed E-state index contributed by atoms with van der Waals surface area (Å²) >= 11 is 9.46. The van der Waals surface area contributed by atoms with Gasteiger partial charge < -0.3 is 14.5 Å². The summed E-state index contributed by atoms with van der Waals surface area (Å²) < 4.78 is 11.8. The molecule has 0 bridgehead atoms. The number of benzene rings is 2. The number of hydrogen-bond donors (Lipinski definition) is 1. The molecular weight excluding hydrogens is 478 g/mol. The Kier molecular flexibility index (Phi) is 6.73. The number of nitrogens with zero attached hydrogens (tertiary/aromatic N) is 2. The molecule has 1 N–H and O–H groups in total. The molecular formula is C20H17BrClN3O5. The van der Waals surface area contributed by atoms with Crippen molar-refractivity contribution in [2.75, 3.05) is 6.61 Å². The Balaban J connectivity index is 2.04. The Hall–Kier alpha value is -2.91. The lowest BCUT2D eigenvalue weighted by Gasteiger charge is -2.16. The van der Waals surface area contributed by atoms with Crippen LogP contribution in [0.4, 0.5) is 0 Å². The van der Waals surface area contributed by atoms with Crippen LogP contribution in [0, 0.1) is 0 Å². The number of para-hydroxylation sites is 1. The van der Waals surface area contributed by atoms with Gasteiger partial charge in [0.25, 0.3) is 5.56 Å². The van der Waals surface area contributed by atoms with Crippen LogP contribution in [0.1, 0.15) is 19.4 Å². The third-order valence-corrected chi connectivity index (χ3v) is 4.85. The number of esters is 1. The maximum absolute atomic E-state index is 12.6. The third kappa shape index (κ3) is 4.63. The molecule has 0 saturated heterocycles. The first kappa shape index (κ1) is 21.8. The van der Waals surface area contributed by atoms with E-state index in [4.69, 9.17) is 21.1 Å². The number of halogens is 2. The van der Waals surface area contributed by atoms with Crippen LogP contribution >= 0.6 is 27.5 Å². The summed E-state index contributed by atoms with van der Waals surface area (Å²) in [5.41, 5.74) is -0.505. The van der Waals surface area contributed by atoms with Crippen LogP contribution in [0.25, 0.3) is 10.9 Å². The number of aromatic amines is 1. The van der Waals surface area contributed by atoms with Crippen LogP contribution in [0.2, 0.25) is 5.02 Å². The molecule has 3 rings (SSSR count). The van der Waals surface area contributed by atoms with Crippen molar-refractivity contribution in [1.82, 2.24) is 9.66 Å². The van der Waals surface area contributed by atoms with E-state index in [1.807, 2.05) is 0 Å². The summed E-state index contributed by atoms with van der Waals surface area (Å²) in [5, 5.41) is 4.69. The molecule has 30 heavy (non-hydrogen) atoms. The first-order chi connectivity index (χ1) is 14.3. The lowest BCUT2D eigenvalue weighted by molar-refractivity contribution is -0.150. The summed E-state index contributed by atoms with van der Waals surface area (Å²) in [6.07, 6.45) is 0.358. The zero-order valence-corrected chi connectivity index (χ0v) is 18.4. The van der Waals surface area contributed by atoms with Gasteiger partial charge in [-0.25, -0.2) is 9.59 Å². The fourth-order valence-corrected chi connectivity index (χ4v) is 3.59. The number of hydrogen-bond acceptors (Lipinski definition) is 6. The second-order valence-corrected chi connectivity index (χ2v) is 7.45. The molecule has 3 aromatic rings. The van der Waals surface area contributed by atoms with Crippen LogP contribution < -0.4 is 16.0 Å². The second-order valence-electron chi connectivity index (χ2n) is 6.16. The van der Waals surface area contributed by atoms with E-state index in [1.165, 1.54) is 12.3 Å². The van der Waals surface area contributed by atoms with Gasteiger partial charge in [0.1, 0.15) is 5.75 Å². The molecule has 0 amide bonds. The van der Waals surface area contributed by atoms with Gasteiger partial charge in [0.2, 0.25) is 0 Å². The van der Waals surface area contributed by atoms with E-state index >= 15 is 0 Å². The quantitative estimate of drug-likeness (QED) is 0.418.